The number of ether oxygens (including phenoxy) is 2. The summed E-state index contributed by atoms with van der Waals surface area (Å²) in [5.74, 6) is 1.35. The van der Waals surface area contributed by atoms with E-state index in [9.17, 15) is 14.0 Å². The lowest BCUT2D eigenvalue weighted by Gasteiger charge is -2.33. The predicted molar refractivity (Wildman–Crippen MR) is 159 cm³/mol. The van der Waals surface area contributed by atoms with Gasteiger partial charge in [0.05, 0.1) is 14.2 Å². The number of nitrogens with one attached hydrogen (secondary N) is 1. The van der Waals surface area contributed by atoms with Gasteiger partial charge in [-0.2, -0.15) is 4.80 Å². The number of hydrogen-bond donors (Lipinski definition) is 1. The zero-order valence-electron chi connectivity index (χ0n) is 25.2. The van der Waals surface area contributed by atoms with Gasteiger partial charge in [0.1, 0.15) is 24.2 Å². The Bertz CT molecular complexity index is 1560. The Morgan fingerprint density at radius 2 is 1.80 bits per heavy atom. The van der Waals surface area contributed by atoms with Crippen molar-refractivity contribution in [2.45, 2.75) is 64.1 Å². The highest BCUT2D eigenvalue weighted by molar-refractivity contribution is 5.89. The van der Waals surface area contributed by atoms with Crippen molar-refractivity contribution in [2.75, 3.05) is 20.8 Å². The van der Waals surface area contributed by atoms with Crippen molar-refractivity contribution in [3.63, 3.8) is 0 Å². The number of amides is 2. The van der Waals surface area contributed by atoms with E-state index in [1.165, 1.54) is 21.8 Å². The van der Waals surface area contributed by atoms with E-state index in [-0.39, 0.29) is 30.9 Å². The molecule has 0 radical (unpaired) electrons. The van der Waals surface area contributed by atoms with Gasteiger partial charge >= 0.3 is 0 Å². The number of methoxy groups -OCH3 is 2. The first-order valence-corrected chi connectivity index (χ1v) is 14.8. The van der Waals surface area contributed by atoms with Crippen molar-refractivity contribution in [2.24, 2.45) is 0 Å². The maximum Gasteiger partial charge on any atom is 0.247 e. The van der Waals surface area contributed by atoms with Gasteiger partial charge in [-0.1, -0.05) is 37.5 Å². The highest BCUT2D eigenvalue weighted by atomic mass is 19.1. The molecule has 12 heteroatoms. The fourth-order valence-corrected chi connectivity index (χ4v) is 5.50. The summed E-state index contributed by atoms with van der Waals surface area (Å²) in [5, 5.41) is 15.6. The molecule has 0 saturated heterocycles. The lowest BCUT2D eigenvalue weighted by molar-refractivity contribution is -0.142. The van der Waals surface area contributed by atoms with Gasteiger partial charge in [-0.3, -0.25) is 9.59 Å². The molecular weight excluding hydrogens is 567 g/mol. The van der Waals surface area contributed by atoms with Gasteiger partial charge in [0, 0.05) is 12.6 Å². The Balaban J connectivity index is 1.45. The van der Waals surface area contributed by atoms with Gasteiger partial charge in [0.2, 0.25) is 17.6 Å². The Hall–Kier alpha value is -4.74. The summed E-state index contributed by atoms with van der Waals surface area (Å²) in [6.45, 7) is 1.71. The SMILES string of the molecule is COc1ccc(CCN(C(=O)Cn2nnc(-c3ccc(C)o3)n2)C(C(=O)NC2CCCCC2)c2ccc(F)cc2)cc1OC. The minimum Gasteiger partial charge on any atom is -0.493 e. The maximum atomic E-state index is 14.1. The van der Waals surface area contributed by atoms with Crippen LogP contribution in [-0.4, -0.2) is 63.7 Å². The number of carbonyl (C=O) groups is 2. The number of benzene rings is 2. The number of halogens is 1. The molecule has 4 aromatic rings. The zero-order chi connectivity index (χ0) is 31.1. The van der Waals surface area contributed by atoms with Crippen LogP contribution in [0.25, 0.3) is 11.6 Å². The number of furan rings is 1. The fourth-order valence-electron chi connectivity index (χ4n) is 5.50. The van der Waals surface area contributed by atoms with Gasteiger partial charge in [0.25, 0.3) is 0 Å². The zero-order valence-corrected chi connectivity index (χ0v) is 25.2. The third-order valence-electron chi connectivity index (χ3n) is 7.80. The van der Waals surface area contributed by atoms with Crippen LogP contribution in [0.15, 0.2) is 59.0 Å². The van der Waals surface area contributed by atoms with Gasteiger partial charge in [-0.25, -0.2) is 4.39 Å². The molecule has 5 rings (SSSR count). The lowest BCUT2D eigenvalue weighted by atomic mass is 9.94. The highest BCUT2D eigenvalue weighted by Crippen LogP contribution is 2.29. The molecule has 1 unspecified atom stereocenters. The Labute approximate surface area is 255 Å². The molecule has 0 spiro atoms. The second kappa shape index (κ2) is 14.2. The van der Waals surface area contributed by atoms with E-state index >= 15 is 0 Å². The van der Waals surface area contributed by atoms with Crippen LogP contribution in [0.2, 0.25) is 0 Å². The van der Waals surface area contributed by atoms with E-state index in [1.807, 2.05) is 19.1 Å². The van der Waals surface area contributed by atoms with E-state index in [0.717, 1.165) is 37.7 Å². The molecule has 2 heterocycles. The standard InChI is InChI=1S/C32H37FN6O5/c1-21-9-15-27(44-21)31-35-37-39(36-31)20-29(40)38(18-17-22-10-16-26(42-2)28(19-22)43-3)30(23-11-13-24(33)14-12-23)32(41)34-25-7-5-4-6-8-25/h9-16,19,25,30H,4-8,17-18,20H2,1-3H3,(H,34,41). The Morgan fingerprint density at radius 3 is 2.48 bits per heavy atom. The normalized spacial score (nSPS) is 14.2. The smallest absolute Gasteiger partial charge is 0.247 e. The molecule has 0 aliphatic heterocycles. The van der Waals surface area contributed by atoms with Gasteiger partial charge in [0.15, 0.2) is 17.3 Å². The fraction of sp³-hybridized carbons (Fsp3) is 0.406. The molecule has 1 aliphatic carbocycles. The van der Waals surface area contributed by atoms with Gasteiger partial charge < -0.3 is 24.1 Å². The van der Waals surface area contributed by atoms with E-state index in [0.29, 0.717) is 35.0 Å². The molecule has 232 valence electrons. The van der Waals surface area contributed by atoms with Crippen LogP contribution in [0.3, 0.4) is 0 Å². The third kappa shape index (κ3) is 7.42. The first-order chi connectivity index (χ1) is 21.3. The number of nitrogens with zero attached hydrogens (tertiary/aromatic N) is 5. The van der Waals surface area contributed by atoms with E-state index in [1.54, 1.807) is 44.6 Å². The molecular formula is C32H37FN6O5. The second-order valence-corrected chi connectivity index (χ2v) is 10.9. The molecule has 44 heavy (non-hydrogen) atoms. The molecule has 2 aromatic heterocycles. The van der Waals surface area contributed by atoms with Crippen molar-refractivity contribution < 1.29 is 27.9 Å². The quantitative estimate of drug-likeness (QED) is 0.248. The first-order valence-electron chi connectivity index (χ1n) is 14.8. The molecule has 1 aliphatic rings. The average Bonchev–Trinajstić information content (AvgIpc) is 3.68. The van der Waals surface area contributed by atoms with Crippen molar-refractivity contribution in [1.29, 1.82) is 0 Å². The van der Waals surface area contributed by atoms with Crippen LogP contribution in [0.1, 0.15) is 55.0 Å². The molecule has 2 amide bonds. The van der Waals surface area contributed by atoms with Crippen molar-refractivity contribution in [1.82, 2.24) is 30.4 Å². The van der Waals surface area contributed by atoms with Gasteiger partial charge in [-0.15, -0.1) is 10.2 Å². The summed E-state index contributed by atoms with van der Waals surface area (Å²) in [4.78, 5) is 30.7. The third-order valence-corrected chi connectivity index (χ3v) is 7.80. The first kappa shape index (κ1) is 30.7. The summed E-state index contributed by atoms with van der Waals surface area (Å²) >= 11 is 0. The maximum absolute atomic E-state index is 14.1. The van der Waals surface area contributed by atoms with Crippen molar-refractivity contribution in [3.8, 4) is 23.1 Å². The van der Waals surface area contributed by atoms with E-state index < -0.39 is 17.8 Å². The van der Waals surface area contributed by atoms with Crippen LogP contribution in [-0.2, 0) is 22.6 Å². The van der Waals surface area contributed by atoms with Crippen molar-refractivity contribution in [3.05, 3.63) is 77.3 Å². The molecule has 1 fully saturated rings. The summed E-state index contributed by atoms with van der Waals surface area (Å²) in [7, 11) is 3.12. The Morgan fingerprint density at radius 1 is 1.05 bits per heavy atom. The topological polar surface area (TPSA) is 125 Å². The number of hydrogen-bond acceptors (Lipinski definition) is 8. The van der Waals surface area contributed by atoms with Crippen molar-refractivity contribution >= 4 is 11.8 Å². The van der Waals surface area contributed by atoms with E-state index in [2.05, 4.69) is 20.7 Å². The molecule has 1 N–H and O–H groups in total. The van der Waals surface area contributed by atoms with E-state index in [4.69, 9.17) is 13.9 Å². The molecule has 0 bridgehead atoms. The van der Waals surface area contributed by atoms with Crippen LogP contribution in [0.4, 0.5) is 4.39 Å². The minimum atomic E-state index is -1.01. The summed E-state index contributed by atoms with van der Waals surface area (Å²) < 4.78 is 30.4. The number of aromatic nitrogens is 4. The number of aryl methyl sites for hydroxylation is 1. The summed E-state index contributed by atoms with van der Waals surface area (Å²) in [6, 6.07) is 13.7. The average molecular weight is 605 g/mol. The highest BCUT2D eigenvalue weighted by Gasteiger charge is 2.33. The lowest BCUT2D eigenvalue weighted by Crippen LogP contribution is -2.48. The van der Waals surface area contributed by atoms with Crippen LogP contribution < -0.4 is 14.8 Å². The van der Waals surface area contributed by atoms with Gasteiger partial charge in [-0.05, 0) is 78.9 Å². The molecule has 11 nitrogen and oxygen atoms in total. The van der Waals surface area contributed by atoms with Crippen LogP contribution in [0.5, 0.6) is 11.5 Å². The minimum absolute atomic E-state index is 0.0123. The second-order valence-electron chi connectivity index (χ2n) is 10.9. The molecule has 2 aromatic carbocycles. The number of carbonyl (C=O) groups excluding carboxylic acids is 2. The predicted octanol–water partition coefficient (Wildman–Crippen LogP) is 4.66. The summed E-state index contributed by atoms with van der Waals surface area (Å²) in [5.41, 5.74) is 1.37. The monoisotopic (exact) mass is 604 g/mol. The summed E-state index contributed by atoms with van der Waals surface area (Å²) in [6.07, 6.45) is 5.35. The Kier molecular flexibility index (Phi) is 9.88. The number of tetrazole rings is 1. The van der Waals surface area contributed by atoms with Crippen LogP contribution >= 0.6 is 0 Å². The van der Waals surface area contributed by atoms with Crippen LogP contribution in [0, 0.1) is 12.7 Å². The molecule has 1 saturated carbocycles. The molecule has 1 atom stereocenters. The largest absolute Gasteiger partial charge is 0.493 e. The number of rotatable bonds is 12.